The van der Waals surface area contributed by atoms with Crippen LogP contribution in [0, 0.1) is 10.8 Å². The number of aromatic nitrogens is 3. The lowest BCUT2D eigenvalue weighted by Gasteiger charge is -2.02. The second kappa shape index (κ2) is 4.35. The van der Waals surface area contributed by atoms with E-state index in [1.165, 1.54) is 4.68 Å². The summed E-state index contributed by atoms with van der Waals surface area (Å²) in [4.78, 5) is 12.2. The molecule has 0 aliphatic rings. The fourth-order valence-electron chi connectivity index (χ4n) is 0.658. The number of nitrogens with two attached hydrogens (primary N) is 1. The van der Waals surface area contributed by atoms with Gasteiger partial charge in [0, 0.05) is 22.6 Å². The fraction of sp³-hybridized carbons (Fsp3) is 0.400. The van der Waals surface area contributed by atoms with Gasteiger partial charge in [-0.1, -0.05) is 22.6 Å². The second-order valence-corrected chi connectivity index (χ2v) is 3.63. The Bertz CT molecular complexity index is 344. The van der Waals surface area contributed by atoms with Crippen molar-refractivity contribution in [3.05, 3.63) is 15.3 Å². The molecule has 12 heavy (non-hydrogen) atoms. The zero-order valence-corrected chi connectivity index (χ0v) is 10.6. The molecule has 0 bridgehead atoms. The molecule has 1 aromatic heterocycles. The highest BCUT2D eigenvalue weighted by Gasteiger charge is 1.98. The first kappa shape index (κ1) is 10.2. The fourth-order valence-corrected chi connectivity index (χ4v) is 1.53. The Balaban J connectivity index is 3.38. The number of aryl methyl sites for hydroxylation is 1. The van der Waals surface area contributed by atoms with Gasteiger partial charge in [-0.15, -0.1) is 0 Å². The van der Waals surface area contributed by atoms with Gasteiger partial charge in [-0.05, 0) is 6.92 Å². The summed E-state index contributed by atoms with van der Waals surface area (Å²) in [7, 11) is 0. The number of hydrogen-bond acceptors (Lipinski definition) is 4. The molecule has 5 nitrogen and oxygen atoms in total. The normalized spacial score (nSPS) is 12.1. The van der Waals surface area contributed by atoms with Gasteiger partial charge in [0.2, 0.25) is 5.62 Å². The Morgan fingerprint density at radius 2 is 2.25 bits per heavy atom. The lowest BCUT2D eigenvalue weighted by molar-refractivity contribution is 0.731. The van der Waals surface area contributed by atoms with E-state index in [4.69, 9.17) is 5.84 Å². The largest absolute Gasteiger partial charge is 0.335 e. The number of rotatable bonds is 1. The monoisotopic (exact) mass is 391 g/mol. The molecule has 1 aromatic rings. The van der Waals surface area contributed by atoms with Gasteiger partial charge in [0.05, 0.1) is 4.55 Å². The maximum absolute atomic E-state index is 5.63. The molecule has 66 valence electrons. The first-order valence-electron chi connectivity index (χ1n) is 3.10. The minimum atomic E-state index is 0.515. The zero-order valence-electron chi connectivity index (χ0n) is 6.33. The Morgan fingerprint density at radius 1 is 1.58 bits per heavy atom. The average molecular weight is 391 g/mol. The lowest BCUT2D eigenvalue weighted by Crippen LogP contribution is -2.34. The molecule has 0 amide bonds. The van der Waals surface area contributed by atoms with Crippen molar-refractivity contribution in [3.63, 3.8) is 0 Å². The van der Waals surface area contributed by atoms with Gasteiger partial charge in [0.15, 0.2) is 3.83 Å². The highest BCUT2D eigenvalue weighted by molar-refractivity contribution is 14.1. The maximum atomic E-state index is 5.63. The van der Waals surface area contributed by atoms with E-state index in [1.807, 2.05) is 29.5 Å². The predicted molar refractivity (Wildman–Crippen MR) is 62.1 cm³/mol. The van der Waals surface area contributed by atoms with Crippen LogP contribution in [0.1, 0.15) is 5.82 Å². The van der Waals surface area contributed by atoms with E-state index in [2.05, 4.69) is 37.6 Å². The van der Waals surface area contributed by atoms with Crippen LogP contribution in [0.25, 0.3) is 0 Å². The van der Waals surface area contributed by atoms with Crippen molar-refractivity contribution < 1.29 is 0 Å². The van der Waals surface area contributed by atoms with Gasteiger partial charge >= 0.3 is 0 Å². The molecule has 0 aromatic carbocycles. The van der Waals surface area contributed by atoms with Crippen LogP contribution >= 0.6 is 45.2 Å². The first-order valence-corrected chi connectivity index (χ1v) is 5.70. The molecule has 0 radical (unpaired) electrons. The highest BCUT2D eigenvalue weighted by Crippen LogP contribution is 1.92. The first-order chi connectivity index (χ1) is 5.65. The predicted octanol–water partition coefficient (Wildman–Crippen LogP) is 0.198. The number of alkyl halides is 1. The standard InChI is InChI=1S/C5H7I2N5/c1-3-10-4(7)11-5(9-2-6)12(3)8/h2,8H2,1H3/b9-5-. The molecule has 0 atom stereocenters. The summed E-state index contributed by atoms with van der Waals surface area (Å²) in [6.45, 7) is 1.82. The Labute approximate surface area is 96.8 Å². The molecule has 0 spiro atoms. The number of hydrogen-bond donors (Lipinski definition) is 1. The van der Waals surface area contributed by atoms with E-state index in [0.717, 1.165) is 0 Å². The van der Waals surface area contributed by atoms with Crippen molar-refractivity contribution in [2.24, 2.45) is 4.99 Å². The van der Waals surface area contributed by atoms with Crippen LogP contribution in [0.2, 0.25) is 0 Å². The van der Waals surface area contributed by atoms with Crippen molar-refractivity contribution in [2.45, 2.75) is 6.92 Å². The molecular weight excluding hydrogens is 384 g/mol. The molecule has 0 aliphatic heterocycles. The van der Waals surface area contributed by atoms with E-state index in [0.29, 0.717) is 19.8 Å². The SMILES string of the molecule is Cc1nc(I)n/c(=N/CI)n1N. The summed E-state index contributed by atoms with van der Waals surface area (Å²) in [6.07, 6.45) is 0. The van der Waals surface area contributed by atoms with Crippen LogP contribution in [0.5, 0.6) is 0 Å². The van der Waals surface area contributed by atoms with Gasteiger partial charge in [-0.25, -0.2) is 14.7 Å². The topological polar surface area (TPSA) is 69.1 Å². The molecule has 0 aliphatic carbocycles. The van der Waals surface area contributed by atoms with Gasteiger partial charge in [0.1, 0.15) is 5.82 Å². The molecule has 0 saturated heterocycles. The molecule has 0 saturated carbocycles. The van der Waals surface area contributed by atoms with Crippen LogP contribution < -0.4 is 11.5 Å². The second-order valence-electron chi connectivity index (χ2n) is 1.99. The zero-order chi connectivity index (χ0) is 9.14. The van der Waals surface area contributed by atoms with E-state index >= 15 is 0 Å². The maximum Gasteiger partial charge on any atom is 0.248 e. The number of nitrogens with zero attached hydrogens (tertiary/aromatic N) is 4. The molecule has 0 fully saturated rings. The molecule has 0 unspecified atom stereocenters. The smallest absolute Gasteiger partial charge is 0.248 e. The van der Waals surface area contributed by atoms with E-state index < -0.39 is 0 Å². The average Bonchev–Trinajstić information content (AvgIpc) is 2.00. The van der Waals surface area contributed by atoms with E-state index in [-0.39, 0.29) is 0 Å². The van der Waals surface area contributed by atoms with E-state index in [9.17, 15) is 0 Å². The summed E-state index contributed by atoms with van der Waals surface area (Å²) in [5.74, 6) is 6.34. The lowest BCUT2D eigenvalue weighted by atomic mass is 10.7. The van der Waals surface area contributed by atoms with Crippen molar-refractivity contribution in [1.29, 1.82) is 0 Å². The summed E-state index contributed by atoms with van der Waals surface area (Å²) in [5.41, 5.74) is 0.515. The minimum absolute atomic E-state index is 0.515. The van der Waals surface area contributed by atoms with Gasteiger partial charge in [0.25, 0.3) is 0 Å². The molecule has 1 heterocycles. The third-order valence-corrected chi connectivity index (χ3v) is 2.04. The third-order valence-electron chi connectivity index (χ3n) is 1.21. The summed E-state index contributed by atoms with van der Waals surface area (Å²) in [6, 6.07) is 0. The Morgan fingerprint density at radius 3 is 2.83 bits per heavy atom. The third kappa shape index (κ3) is 2.28. The Kier molecular flexibility index (Phi) is 3.68. The van der Waals surface area contributed by atoms with Crippen molar-refractivity contribution >= 4 is 45.2 Å². The molecule has 2 N–H and O–H groups in total. The van der Waals surface area contributed by atoms with Crippen LogP contribution in [0.15, 0.2) is 4.99 Å². The van der Waals surface area contributed by atoms with Gasteiger partial charge < -0.3 is 5.84 Å². The highest BCUT2D eigenvalue weighted by atomic mass is 127. The summed E-state index contributed by atoms with van der Waals surface area (Å²) in [5, 5.41) is 0. The number of nitrogen functional groups attached to an aromatic ring is 1. The molecule has 1 rings (SSSR count). The number of halogens is 2. The molecule has 7 heteroatoms. The summed E-state index contributed by atoms with van der Waals surface area (Å²) >= 11 is 4.17. The quantitative estimate of drug-likeness (QED) is 0.322. The summed E-state index contributed by atoms with van der Waals surface area (Å²) < 4.78 is 2.68. The van der Waals surface area contributed by atoms with Crippen molar-refractivity contribution in [3.8, 4) is 0 Å². The molecular formula is C5H7I2N5. The van der Waals surface area contributed by atoms with Gasteiger partial charge in [-0.3, -0.25) is 0 Å². The van der Waals surface area contributed by atoms with Gasteiger partial charge in [-0.2, -0.15) is 4.98 Å². The Hall–Kier alpha value is 0.0700. The van der Waals surface area contributed by atoms with Crippen molar-refractivity contribution in [2.75, 3.05) is 10.4 Å². The minimum Gasteiger partial charge on any atom is -0.335 e. The van der Waals surface area contributed by atoms with Crippen LogP contribution in [0.4, 0.5) is 0 Å². The van der Waals surface area contributed by atoms with Crippen LogP contribution in [-0.4, -0.2) is 19.2 Å². The van der Waals surface area contributed by atoms with Crippen LogP contribution in [-0.2, 0) is 0 Å². The van der Waals surface area contributed by atoms with E-state index in [1.54, 1.807) is 0 Å². The van der Waals surface area contributed by atoms with Crippen LogP contribution in [0.3, 0.4) is 0 Å². The van der Waals surface area contributed by atoms with Crippen molar-refractivity contribution in [1.82, 2.24) is 14.6 Å².